The van der Waals surface area contributed by atoms with Crippen LogP contribution < -0.4 is 5.32 Å². The van der Waals surface area contributed by atoms with E-state index < -0.39 is 34.2 Å². The fourth-order valence-corrected chi connectivity index (χ4v) is 4.69. The molecule has 31 heavy (non-hydrogen) atoms. The number of rotatable bonds is 6. The lowest BCUT2D eigenvalue weighted by Crippen LogP contribution is -2.50. The van der Waals surface area contributed by atoms with Crippen molar-refractivity contribution in [2.75, 3.05) is 13.8 Å². The third-order valence-electron chi connectivity index (χ3n) is 6.14. The summed E-state index contributed by atoms with van der Waals surface area (Å²) in [5, 5.41) is 2.36. The smallest absolute Gasteiger partial charge is 0.364 e. The van der Waals surface area contributed by atoms with Crippen molar-refractivity contribution in [3.63, 3.8) is 0 Å². The lowest BCUT2D eigenvalue weighted by atomic mass is 9.87. The fraction of sp³-hybridized carbons (Fsp3) is 0.550. The second-order valence-corrected chi connectivity index (χ2v) is 8.58. The Morgan fingerprint density at radius 2 is 1.90 bits per heavy atom. The first kappa shape index (κ1) is 21.9. The summed E-state index contributed by atoms with van der Waals surface area (Å²) >= 11 is 5.78. The van der Waals surface area contributed by atoms with E-state index in [9.17, 15) is 27.6 Å². The minimum Gasteiger partial charge on any atom is -0.364 e. The van der Waals surface area contributed by atoms with Gasteiger partial charge in [-0.25, -0.2) is 9.69 Å². The van der Waals surface area contributed by atoms with Crippen LogP contribution >= 0.6 is 11.6 Å². The summed E-state index contributed by atoms with van der Waals surface area (Å²) in [6.07, 6.45) is -2.92. The summed E-state index contributed by atoms with van der Waals surface area (Å²) in [6, 6.07) is 1.69. The van der Waals surface area contributed by atoms with Gasteiger partial charge >= 0.3 is 12.2 Å². The second kappa shape index (κ2) is 7.67. The molecule has 0 aromatic heterocycles. The van der Waals surface area contributed by atoms with Crippen LogP contribution in [0.3, 0.4) is 0 Å². The van der Waals surface area contributed by atoms with E-state index in [1.165, 1.54) is 18.1 Å². The molecule has 3 aliphatic rings. The van der Waals surface area contributed by atoms with Crippen LogP contribution in [0, 0.1) is 5.92 Å². The van der Waals surface area contributed by atoms with Gasteiger partial charge in [-0.1, -0.05) is 11.6 Å². The Hall–Kier alpha value is -2.33. The summed E-state index contributed by atoms with van der Waals surface area (Å²) < 4.78 is 44.2. The van der Waals surface area contributed by atoms with E-state index in [-0.39, 0.29) is 44.5 Å². The van der Waals surface area contributed by atoms with Crippen LogP contribution in [-0.2, 0) is 33.6 Å². The standard InChI is InChI=1S/C20H21ClF3N3O4/c1-31-10-27-17(29)19(13-2-3-13,25-18(27)30)5-4-16(28)26-8-11-6-14(20(22,23)24)15(21)7-12(11)9-26/h6-7,13H,2-5,8-10H2,1H3,(H,25,30). The van der Waals surface area contributed by atoms with Crippen molar-refractivity contribution >= 4 is 29.4 Å². The number of imide groups is 1. The first-order chi connectivity index (χ1) is 14.6. The summed E-state index contributed by atoms with van der Waals surface area (Å²) in [6.45, 7) is 0.0241. The number of nitrogens with one attached hydrogen (secondary N) is 1. The summed E-state index contributed by atoms with van der Waals surface area (Å²) in [4.78, 5) is 40.4. The molecule has 1 saturated heterocycles. The summed E-state index contributed by atoms with van der Waals surface area (Å²) in [7, 11) is 1.38. The minimum atomic E-state index is -4.57. The van der Waals surface area contributed by atoms with Gasteiger partial charge in [0.2, 0.25) is 5.91 Å². The molecule has 0 radical (unpaired) electrons. The summed E-state index contributed by atoms with van der Waals surface area (Å²) in [5.41, 5.74) is -1.09. The van der Waals surface area contributed by atoms with Crippen LogP contribution in [0.25, 0.3) is 0 Å². The largest absolute Gasteiger partial charge is 0.417 e. The molecule has 0 spiro atoms. The Labute approximate surface area is 181 Å². The molecule has 7 nitrogen and oxygen atoms in total. The van der Waals surface area contributed by atoms with Gasteiger partial charge in [0.05, 0.1) is 10.6 Å². The van der Waals surface area contributed by atoms with E-state index >= 15 is 0 Å². The lowest BCUT2D eigenvalue weighted by molar-refractivity contribution is -0.138. The van der Waals surface area contributed by atoms with Crippen molar-refractivity contribution in [3.8, 4) is 0 Å². The molecule has 1 aromatic rings. The van der Waals surface area contributed by atoms with Crippen molar-refractivity contribution < 1.29 is 32.3 Å². The van der Waals surface area contributed by atoms with Crippen LogP contribution in [0.15, 0.2) is 12.1 Å². The normalized spacial score (nSPS) is 23.4. The topological polar surface area (TPSA) is 79.0 Å². The Bertz CT molecular complexity index is 950. The third-order valence-corrected chi connectivity index (χ3v) is 6.45. The van der Waals surface area contributed by atoms with Crippen molar-refractivity contribution in [2.45, 2.75) is 50.5 Å². The summed E-state index contributed by atoms with van der Waals surface area (Å²) in [5.74, 6) is -0.739. The van der Waals surface area contributed by atoms with Gasteiger partial charge in [0, 0.05) is 26.6 Å². The first-order valence-electron chi connectivity index (χ1n) is 9.86. The van der Waals surface area contributed by atoms with Crippen LogP contribution in [0.2, 0.25) is 5.02 Å². The minimum absolute atomic E-state index is 0.0167. The molecule has 2 heterocycles. The van der Waals surface area contributed by atoms with E-state index in [2.05, 4.69) is 5.32 Å². The number of hydrogen-bond donors (Lipinski definition) is 1. The van der Waals surface area contributed by atoms with Crippen molar-refractivity contribution in [3.05, 3.63) is 33.8 Å². The number of halogens is 4. The third kappa shape index (κ3) is 3.87. The molecule has 1 atom stereocenters. The van der Waals surface area contributed by atoms with Crippen LogP contribution in [0.4, 0.5) is 18.0 Å². The highest BCUT2D eigenvalue weighted by molar-refractivity contribution is 6.31. The molecule has 2 aliphatic heterocycles. The maximum absolute atomic E-state index is 13.1. The molecule has 4 amide bonds. The number of ether oxygens (including phenoxy) is 1. The first-order valence-corrected chi connectivity index (χ1v) is 10.2. The highest BCUT2D eigenvalue weighted by atomic mass is 35.5. The number of fused-ring (bicyclic) bond motifs is 1. The quantitative estimate of drug-likeness (QED) is 0.662. The number of alkyl halides is 3. The van der Waals surface area contributed by atoms with Gasteiger partial charge in [-0.3, -0.25) is 9.59 Å². The van der Waals surface area contributed by atoms with E-state index in [0.717, 1.165) is 23.8 Å². The van der Waals surface area contributed by atoms with Crippen molar-refractivity contribution in [1.29, 1.82) is 0 Å². The van der Waals surface area contributed by atoms with Gasteiger partial charge in [-0.05, 0) is 48.4 Å². The van der Waals surface area contributed by atoms with E-state index in [0.29, 0.717) is 11.1 Å². The number of hydrogen-bond acceptors (Lipinski definition) is 4. The van der Waals surface area contributed by atoms with E-state index in [1.807, 2.05) is 0 Å². The highest BCUT2D eigenvalue weighted by Gasteiger charge is 2.59. The number of carbonyl (C=O) groups excluding carboxylic acids is 3. The monoisotopic (exact) mass is 459 g/mol. The highest BCUT2D eigenvalue weighted by Crippen LogP contribution is 2.45. The zero-order chi connectivity index (χ0) is 22.6. The van der Waals surface area contributed by atoms with Crippen LogP contribution in [-0.4, -0.2) is 47.0 Å². The molecule has 11 heteroatoms. The Morgan fingerprint density at radius 1 is 1.26 bits per heavy atom. The molecule has 4 rings (SSSR count). The average Bonchev–Trinajstić information content (AvgIpc) is 3.42. The molecule has 1 N–H and O–H groups in total. The predicted octanol–water partition coefficient (Wildman–Crippen LogP) is 3.29. The zero-order valence-electron chi connectivity index (χ0n) is 16.7. The maximum Gasteiger partial charge on any atom is 0.417 e. The number of methoxy groups -OCH3 is 1. The zero-order valence-corrected chi connectivity index (χ0v) is 17.5. The molecular weight excluding hydrogens is 439 g/mol. The molecule has 2 fully saturated rings. The van der Waals surface area contributed by atoms with Gasteiger partial charge in [-0.2, -0.15) is 13.2 Å². The number of urea groups is 1. The van der Waals surface area contributed by atoms with Crippen LogP contribution in [0.5, 0.6) is 0 Å². The number of carbonyl (C=O) groups is 3. The van der Waals surface area contributed by atoms with Gasteiger partial charge in [-0.15, -0.1) is 0 Å². The number of amides is 4. The Balaban J connectivity index is 1.45. The Kier molecular flexibility index (Phi) is 5.41. The van der Waals surface area contributed by atoms with Gasteiger partial charge in [0.25, 0.3) is 5.91 Å². The molecule has 0 bridgehead atoms. The van der Waals surface area contributed by atoms with E-state index in [1.54, 1.807) is 0 Å². The maximum atomic E-state index is 13.1. The van der Waals surface area contributed by atoms with Gasteiger partial charge in [0.15, 0.2) is 0 Å². The predicted molar refractivity (Wildman–Crippen MR) is 103 cm³/mol. The molecule has 1 unspecified atom stereocenters. The van der Waals surface area contributed by atoms with E-state index in [4.69, 9.17) is 16.3 Å². The number of nitrogens with zero attached hydrogens (tertiary/aromatic N) is 2. The van der Waals surface area contributed by atoms with Crippen molar-refractivity contribution in [1.82, 2.24) is 15.1 Å². The number of benzene rings is 1. The molecule has 168 valence electrons. The Morgan fingerprint density at radius 3 is 2.48 bits per heavy atom. The fourth-order valence-electron chi connectivity index (χ4n) is 4.39. The van der Waals surface area contributed by atoms with Crippen LogP contribution in [0.1, 0.15) is 42.4 Å². The average molecular weight is 460 g/mol. The lowest BCUT2D eigenvalue weighted by Gasteiger charge is -2.27. The molecular formula is C20H21ClF3N3O4. The molecule has 1 aromatic carbocycles. The van der Waals surface area contributed by atoms with Gasteiger partial charge < -0.3 is 15.0 Å². The SMILES string of the molecule is COCN1C(=O)NC(CCC(=O)N2Cc3cc(Cl)c(C(F)(F)F)cc3C2)(C2CC2)C1=O. The second-order valence-electron chi connectivity index (χ2n) is 8.18. The molecule has 1 aliphatic carbocycles. The molecule has 1 saturated carbocycles. The van der Waals surface area contributed by atoms with Crippen molar-refractivity contribution in [2.24, 2.45) is 5.92 Å². The van der Waals surface area contributed by atoms with Gasteiger partial charge in [0.1, 0.15) is 12.3 Å².